The molecule has 0 saturated heterocycles. The lowest BCUT2D eigenvalue weighted by Gasteiger charge is -2.11. The van der Waals surface area contributed by atoms with Crippen LogP contribution >= 0.6 is 0 Å². The lowest BCUT2D eigenvalue weighted by Crippen LogP contribution is -2.17. The second-order valence-corrected chi connectivity index (χ2v) is 5.99. The highest BCUT2D eigenvalue weighted by atomic mass is 19.4. The molecule has 0 fully saturated rings. The average Bonchev–Trinajstić information content (AvgIpc) is 3.06. The molecule has 27 heavy (non-hydrogen) atoms. The number of nitrogens with zero attached hydrogens (tertiary/aromatic N) is 3. The molecule has 2 aromatic rings. The summed E-state index contributed by atoms with van der Waals surface area (Å²) in [6.07, 6.45) is -0.949. The molecule has 0 N–H and O–H groups in total. The number of halogens is 3. The molecule has 0 bridgehead atoms. The maximum atomic E-state index is 12.2. The smallest absolute Gasteiger partial charge is 0.406 e. The molecule has 0 radical (unpaired) electrons. The molecule has 2 aliphatic heterocycles. The van der Waals surface area contributed by atoms with Crippen molar-refractivity contribution in [3.8, 4) is 28.5 Å². The molecule has 0 amide bonds. The van der Waals surface area contributed by atoms with Crippen LogP contribution in [0, 0.1) is 0 Å². The Labute approximate surface area is 153 Å². The first-order valence-electron chi connectivity index (χ1n) is 8.20. The molecule has 2 aromatic carbocycles. The summed E-state index contributed by atoms with van der Waals surface area (Å²) in [5.41, 5.74) is 3.34. The molecule has 0 aromatic heterocycles. The van der Waals surface area contributed by atoms with Gasteiger partial charge in [0.1, 0.15) is 11.4 Å². The molecule has 2 heterocycles. The summed E-state index contributed by atoms with van der Waals surface area (Å²) in [5, 5.41) is 0. The van der Waals surface area contributed by atoms with Gasteiger partial charge in [-0.3, -0.25) is 0 Å². The number of pyridine rings is 1. The van der Waals surface area contributed by atoms with E-state index in [2.05, 4.69) is 14.7 Å². The van der Waals surface area contributed by atoms with Gasteiger partial charge in [0.2, 0.25) is 0 Å². The largest absolute Gasteiger partial charge is 0.573 e. The van der Waals surface area contributed by atoms with Gasteiger partial charge in [-0.15, -0.1) is 13.2 Å². The molecule has 4 nitrogen and oxygen atoms in total. The number of imidazole rings is 1. The molecule has 0 saturated carbocycles. The quantitative estimate of drug-likeness (QED) is 0.508. The van der Waals surface area contributed by atoms with Crippen LogP contribution in [0.4, 0.5) is 13.2 Å². The highest BCUT2D eigenvalue weighted by molar-refractivity contribution is 5.65. The Balaban J connectivity index is 1.54. The van der Waals surface area contributed by atoms with Crippen LogP contribution < -0.4 is 4.74 Å². The third-order valence-corrected chi connectivity index (χ3v) is 3.98. The molecule has 7 heteroatoms. The summed E-state index contributed by atoms with van der Waals surface area (Å²) < 4.78 is 42.5. The SMILES string of the molecule is FC(F)(F)Oc1ccc(Cn2ccc3nc(-c4ccccc4)nc-3c2)cc1. The molecule has 0 aliphatic carbocycles. The van der Waals surface area contributed by atoms with Gasteiger partial charge in [0, 0.05) is 24.5 Å². The van der Waals surface area contributed by atoms with E-state index in [4.69, 9.17) is 0 Å². The lowest BCUT2D eigenvalue weighted by atomic mass is 10.2. The second-order valence-electron chi connectivity index (χ2n) is 5.99. The molecule has 0 atom stereocenters. The number of hydrogen-bond acceptors (Lipinski definition) is 3. The van der Waals surface area contributed by atoms with Crippen LogP contribution in [-0.2, 0) is 6.54 Å². The van der Waals surface area contributed by atoms with Gasteiger partial charge in [-0.1, -0.05) is 42.5 Å². The van der Waals surface area contributed by atoms with Crippen LogP contribution in [0.1, 0.15) is 5.56 Å². The third-order valence-electron chi connectivity index (χ3n) is 3.98. The average molecular weight is 369 g/mol. The zero-order chi connectivity index (χ0) is 18.9. The Morgan fingerprint density at radius 1 is 0.852 bits per heavy atom. The number of fused-ring (bicyclic) bond motifs is 1. The molecular weight excluding hydrogens is 355 g/mol. The van der Waals surface area contributed by atoms with E-state index in [0.29, 0.717) is 12.4 Å². The van der Waals surface area contributed by atoms with Crippen molar-refractivity contribution in [2.24, 2.45) is 0 Å². The van der Waals surface area contributed by atoms with Crippen LogP contribution in [0.3, 0.4) is 0 Å². The molecule has 136 valence electrons. The Bertz CT molecular complexity index is 1010. The number of alkyl halides is 3. The van der Waals surface area contributed by atoms with Crippen molar-refractivity contribution in [2.45, 2.75) is 12.9 Å². The van der Waals surface area contributed by atoms with Crippen molar-refractivity contribution in [1.82, 2.24) is 14.5 Å². The molecule has 0 unspecified atom stereocenters. The summed E-state index contributed by atoms with van der Waals surface area (Å²) in [7, 11) is 0. The van der Waals surface area contributed by atoms with Crippen molar-refractivity contribution < 1.29 is 17.9 Å². The highest BCUT2D eigenvalue weighted by Crippen LogP contribution is 2.25. The second kappa shape index (κ2) is 6.75. The van der Waals surface area contributed by atoms with Gasteiger partial charge >= 0.3 is 6.36 Å². The lowest BCUT2D eigenvalue weighted by molar-refractivity contribution is -0.274. The summed E-state index contributed by atoms with van der Waals surface area (Å²) in [6.45, 7) is 0.496. The Kier molecular flexibility index (Phi) is 4.27. The maximum absolute atomic E-state index is 12.2. The van der Waals surface area contributed by atoms with E-state index in [0.717, 1.165) is 22.5 Å². The van der Waals surface area contributed by atoms with E-state index in [1.165, 1.54) is 12.1 Å². The van der Waals surface area contributed by atoms with E-state index < -0.39 is 6.36 Å². The Morgan fingerprint density at radius 2 is 1.56 bits per heavy atom. The third kappa shape index (κ3) is 4.08. The van der Waals surface area contributed by atoms with Crippen LogP contribution in [0.2, 0.25) is 0 Å². The number of aromatic nitrogens is 3. The monoisotopic (exact) mass is 369 g/mol. The standard InChI is InChI=1S/C20H14F3N3O/c21-20(22,23)27-16-8-6-14(7-9-16)12-26-11-10-17-18(13-26)25-19(24-17)15-4-2-1-3-5-15/h1-11,13H,12H2. The zero-order valence-electron chi connectivity index (χ0n) is 14.0. The van der Waals surface area contributed by atoms with Gasteiger partial charge in [-0.05, 0) is 23.8 Å². The number of benzene rings is 2. The minimum absolute atomic E-state index is 0.235. The van der Waals surface area contributed by atoms with Crippen molar-refractivity contribution in [1.29, 1.82) is 0 Å². The Morgan fingerprint density at radius 3 is 2.26 bits per heavy atom. The summed E-state index contributed by atoms with van der Waals surface area (Å²) in [6, 6.07) is 17.4. The zero-order valence-corrected chi connectivity index (χ0v) is 14.0. The fourth-order valence-electron chi connectivity index (χ4n) is 2.77. The minimum Gasteiger partial charge on any atom is -0.406 e. The van der Waals surface area contributed by atoms with E-state index in [1.807, 2.05) is 53.4 Å². The Hall–Kier alpha value is -3.35. The van der Waals surface area contributed by atoms with Crippen molar-refractivity contribution in [3.63, 3.8) is 0 Å². The summed E-state index contributed by atoms with van der Waals surface area (Å²) >= 11 is 0. The van der Waals surface area contributed by atoms with Crippen LogP contribution in [0.15, 0.2) is 73.1 Å². The van der Waals surface area contributed by atoms with Gasteiger partial charge in [0.15, 0.2) is 5.82 Å². The first kappa shape index (κ1) is 17.1. The first-order valence-corrected chi connectivity index (χ1v) is 8.20. The van der Waals surface area contributed by atoms with E-state index in [9.17, 15) is 13.2 Å². The predicted molar refractivity (Wildman–Crippen MR) is 94.3 cm³/mol. The van der Waals surface area contributed by atoms with Crippen molar-refractivity contribution in [3.05, 3.63) is 78.6 Å². The minimum atomic E-state index is -4.69. The fraction of sp³-hybridized carbons (Fsp3) is 0.100. The molecule has 2 aliphatic rings. The first-order chi connectivity index (χ1) is 13.0. The van der Waals surface area contributed by atoms with E-state index in [-0.39, 0.29) is 5.75 Å². The highest BCUT2D eigenvalue weighted by Gasteiger charge is 2.30. The number of ether oxygens (including phenoxy) is 1. The maximum Gasteiger partial charge on any atom is 0.573 e. The van der Waals surface area contributed by atoms with Crippen molar-refractivity contribution >= 4 is 0 Å². The van der Waals surface area contributed by atoms with Crippen LogP contribution in [0.5, 0.6) is 5.75 Å². The summed E-state index contributed by atoms with van der Waals surface area (Å²) in [5.74, 6) is 0.429. The van der Waals surface area contributed by atoms with Gasteiger partial charge in [-0.25, -0.2) is 9.97 Å². The number of rotatable bonds is 4. The van der Waals surface area contributed by atoms with E-state index >= 15 is 0 Å². The molecule has 0 spiro atoms. The molecule has 4 rings (SSSR count). The molecular formula is C20H14F3N3O. The van der Waals surface area contributed by atoms with Crippen LogP contribution in [-0.4, -0.2) is 20.9 Å². The van der Waals surface area contributed by atoms with Crippen molar-refractivity contribution in [2.75, 3.05) is 0 Å². The van der Waals surface area contributed by atoms with Gasteiger partial charge in [0.25, 0.3) is 0 Å². The predicted octanol–water partition coefficient (Wildman–Crippen LogP) is 5.00. The number of hydrogen-bond donors (Lipinski definition) is 0. The fourth-order valence-corrected chi connectivity index (χ4v) is 2.77. The van der Waals surface area contributed by atoms with Gasteiger partial charge in [-0.2, -0.15) is 0 Å². The van der Waals surface area contributed by atoms with E-state index in [1.54, 1.807) is 12.1 Å². The van der Waals surface area contributed by atoms with Gasteiger partial charge < -0.3 is 9.30 Å². The van der Waals surface area contributed by atoms with Crippen LogP contribution in [0.25, 0.3) is 22.8 Å². The van der Waals surface area contributed by atoms with Gasteiger partial charge in [0.05, 0.1) is 5.69 Å². The summed E-state index contributed by atoms with van der Waals surface area (Å²) in [4.78, 5) is 9.09. The normalized spacial score (nSPS) is 11.7. The topological polar surface area (TPSA) is 39.9 Å².